The summed E-state index contributed by atoms with van der Waals surface area (Å²) in [7, 11) is 0. The maximum absolute atomic E-state index is 11.8. The molecule has 19 heavy (non-hydrogen) atoms. The van der Waals surface area contributed by atoms with Crippen LogP contribution in [0.3, 0.4) is 0 Å². The van der Waals surface area contributed by atoms with Crippen LogP contribution < -0.4 is 5.56 Å². The lowest BCUT2D eigenvalue weighted by Gasteiger charge is -2.06. The van der Waals surface area contributed by atoms with Crippen LogP contribution >= 0.6 is 23.2 Å². The van der Waals surface area contributed by atoms with Gasteiger partial charge in [-0.15, -0.1) is 0 Å². The highest BCUT2D eigenvalue weighted by molar-refractivity contribution is 6.42. The molecule has 0 radical (unpaired) electrons. The van der Waals surface area contributed by atoms with Crippen molar-refractivity contribution in [3.63, 3.8) is 0 Å². The predicted octanol–water partition coefficient (Wildman–Crippen LogP) is 3.11. The SMILES string of the molecule is O=c1c([N+](=O)[O-])cccn1Cc1ccc(Cl)c(Cl)c1. The van der Waals surface area contributed by atoms with Crippen molar-refractivity contribution in [1.29, 1.82) is 0 Å². The van der Waals surface area contributed by atoms with E-state index in [4.69, 9.17) is 23.2 Å². The molecule has 1 aromatic carbocycles. The minimum atomic E-state index is -0.701. The molecule has 2 aromatic rings. The summed E-state index contributed by atoms with van der Waals surface area (Å²) in [5, 5.41) is 11.5. The maximum atomic E-state index is 11.8. The Bertz CT molecular complexity index is 698. The second kappa shape index (κ2) is 5.42. The number of halogens is 2. The number of rotatable bonds is 3. The normalized spacial score (nSPS) is 10.4. The molecule has 0 bridgehead atoms. The van der Waals surface area contributed by atoms with Gasteiger partial charge < -0.3 is 4.57 Å². The molecule has 0 saturated carbocycles. The Labute approximate surface area is 118 Å². The van der Waals surface area contributed by atoms with Gasteiger partial charge in [0, 0.05) is 12.3 Å². The quantitative estimate of drug-likeness (QED) is 0.646. The summed E-state index contributed by atoms with van der Waals surface area (Å²) in [6.07, 6.45) is 1.48. The standard InChI is InChI=1S/C12H8Cl2N2O3/c13-9-4-3-8(6-10(9)14)7-15-5-1-2-11(12(15)17)16(18)19/h1-6H,7H2. The van der Waals surface area contributed by atoms with Crippen LogP contribution in [-0.2, 0) is 6.54 Å². The molecule has 2 rings (SSSR count). The molecule has 0 aliphatic carbocycles. The van der Waals surface area contributed by atoms with Gasteiger partial charge in [-0.3, -0.25) is 14.9 Å². The van der Waals surface area contributed by atoms with Gasteiger partial charge in [-0.1, -0.05) is 29.3 Å². The van der Waals surface area contributed by atoms with E-state index in [1.807, 2.05) is 0 Å². The first-order valence-corrected chi connectivity index (χ1v) is 6.02. The van der Waals surface area contributed by atoms with Gasteiger partial charge in [-0.25, -0.2) is 0 Å². The van der Waals surface area contributed by atoms with Crippen molar-refractivity contribution in [3.05, 3.63) is 72.6 Å². The lowest BCUT2D eigenvalue weighted by molar-refractivity contribution is -0.386. The molecule has 1 heterocycles. The van der Waals surface area contributed by atoms with E-state index in [9.17, 15) is 14.9 Å². The first kappa shape index (κ1) is 13.6. The monoisotopic (exact) mass is 298 g/mol. The van der Waals surface area contributed by atoms with Crippen LogP contribution in [0.25, 0.3) is 0 Å². The smallest absolute Gasteiger partial charge is 0.305 e. The summed E-state index contributed by atoms with van der Waals surface area (Å²) in [6.45, 7) is 0.192. The second-order valence-electron chi connectivity index (χ2n) is 3.83. The number of benzene rings is 1. The molecule has 0 spiro atoms. The van der Waals surface area contributed by atoms with Gasteiger partial charge in [0.2, 0.25) is 0 Å². The highest BCUT2D eigenvalue weighted by atomic mass is 35.5. The summed E-state index contributed by atoms with van der Waals surface area (Å²) >= 11 is 11.7. The van der Waals surface area contributed by atoms with Gasteiger partial charge in [0.25, 0.3) is 0 Å². The van der Waals surface area contributed by atoms with E-state index in [2.05, 4.69) is 0 Å². The van der Waals surface area contributed by atoms with E-state index in [-0.39, 0.29) is 6.54 Å². The van der Waals surface area contributed by atoms with Gasteiger partial charge in [0.05, 0.1) is 21.5 Å². The molecule has 0 aliphatic heterocycles. The molecule has 0 amide bonds. The van der Waals surface area contributed by atoms with Crippen LogP contribution in [0.4, 0.5) is 5.69 Å². The zero-order chi connectivity index (χ0) is 14.0. The molecule has 0 aliphatic rings. The summed E-state index contributed by atoms with van der Waals surface area (Å²) in [5.41, 5.74) is -0.377. The van der Waals surface area contributed by atoms with Crippen molar-refractivity contribution in [2.75, 3.05) is 0 Å². The van der Waals surface area contributed by atoms with E-state index in [0.29, 0.717) is 10.0 Å². The van der Waals surface area contributed by atoms with Crippen LogP contribution in [0.2, 0.25) is 10.0 Å². The van der Waals surface area contributed by atoms with Crippen molar-refractivity contribution in [1.82, 2.24) is 4.57 Å². The average Bonchev–Trinajstić information content (AvgIpc) is 2.36. The second-order valence-corrected chi connectivity index (χ2v) is 4.65. The zero-order valence-corrected chi connectivity index (χ0v) is 11.1. The van der Waals surface area contributed by atoms with E-state index >= 15 is 0 Å². The van der Waals surface area contributed by atoms with Gasteiger partial charge in [0.15, 0.2) is 0 Å². The van der Waals surface area contributed by atoms with E-state index in [1.165, 1.54) is 22.9 Å². The van der Waals surface area contributed by atoms with E-state index < -0.39 is 16.2 Å². The Morgan fingerprint density at radius 2 is 1.95 bits per heavy atom. The van der Waals surface area contributed by atoms with Crippen LogP contribution in [0.1, 0.15) is 5.56 Å². The molecule has 0 fully saturated rings. The molecular weight excluding hydrogens is 291 g/mol. The lowest BCUT2D eigenvalue weighted by Crippen LogP contribution is -2.22. The summed E-state index contributed by atoms with van der Waals surface area (Å²) in [4.78, 5) is 21.8. The Kier molecular flexibility index (Phi) is 3.87. The number of pyridine rings is 1. The Morgan fingerprint density at radius 3 is 2.58 bits per heavy atom. The van der Waals surface area contributed by atoms with Crippen molar-refractivity contribution in [2.45, 2.75) is 6.54 Å². The fourth-order valence-electron chi connectivity index (χ4n) is 1.62. The van der Waals surface area contributed by atoms with E-state index in [0.717, 1.165) is 5.56 Å². The fraction of sp³-hybridized carbons (Fsp3) is 0.0833. The van der Waals surface area contributed by atoms with Crippen molar-refractivity contribution in [2.24, 2.45) is 0 Å². The molecule has 0 N–H and O–H groups in total. The molecule has 0 atom stereocenters. The highest BCUT2D eigenvalue weighted by Gasteiger charge is 2.13. The first-order chi connectivity index (χ1) is 8.99. The Hall–Kier alpha value is -1.85. The zero-order valence-electron chi connectivity index (χ0n) is 9.55. The number of nitro groups is 1. The number of nitrogens with zero attached hydrogens (tertiary/aromatic N) is 2. The van der Waals surface area contributed by atoms with Gasteiger partial charge in [-0.05, 0) is 23.8 Å². The van der Waals surface area contributed by atoms with Gasteiger partial charge >= 0.3 is 11.2 Å². The Balaban J connectivity index is 2.38. The van der Waals surface area contributed by atoms with E-state index in [1.54, 1.807) is 18.2 Å². The highest BCUT2D eigenvalue weighted by Crippen LogP contribution is 2.22. The van der Waals surface area contributed by atoms with Crippen molar-refractivity contribution in [3.8, 4) is 0 Å². The average molecular weight is 299 g/mol. The first-order valence-electron chi connectivity index (χ1n) is 5.27. The summed E-state index contributed by atoms with van der Waals surface area (Å²) in [5.74, 6) is 0. The third-order valence-corrected chi connectivity index (χ3v) is 3.27. The molecule has 5 nitrogen and oxygen atoms in total. The Morgan fingerprint density at radius 1 is 1.21 bits per heavy atom. The third-order valence-electron chi connectivity index (χ3n) is 2.53. The molecule has 7 heteroatoms. The summed E-state index contributed by atoms with van der Waals surface area (Å²) < 4.78 is 1.25. The third kappa shape index (κ3) is 2.94. The minimum absolute atomic E-state index is 0.192. The fourth-order valence-corrected chi connectivity index (χ4v) is 1.94. The largest absolute Gasteiger partial charge is 0.334 e. The molecular formula is C12H8Cl2N2O3. The predicted molar refractivity (Wildman–Crippen MR) is 72.9 cm³/mol. The number of aromatic nitrogens is 1. The van der Waals surface area contributed by atoms with Crippen LogP contribution in [-0.4, -0.2) is 9.49 Å². The topological polar surface area (TPSA) is 65.1 Å². The molecule has 0 unspecified atom stereocenters. The van der Waals surface area contributed by atoms with Crippen LogP contribution in [0, 0.1) is 10.1 Å². The molecule has 98 valence electrons. The van der Waals surface area contributed by atoms with Gasteiger partial charge in [0.1, 0.15) is 0 Å². The van der Waals surface area contributed by atoms with Crippen LogP contribution in [0.15, 0.2) is 41.3 Å². The molecule has 0 saturated heterocycles. The van der Waals surface area contributed by atoms with Crippen LogP contribution in [0.5, 0.6) is 0 Å². The number of hydrogen-bond acceptors (Lipinski definition) is 3. The van der Waals surface area contributed by atoms with Crippen molar-refractivity contribution >= 4 is 28.9 Å². The maximum Gasteiger partial charge on any atom is 0.334 e. The molecule has 1 aromatic heterocycles. The van der Waals surface area contributed by atoms with Crippen molar-refractivity contribution < 1.29 is 4.92 Å². The minimum Gasteiger partial charge on any atom is -0.305 e. The van der Waals surface area contributed by atoms with Gasteiger partial charge in [-0.2, -0.15) is 0 Å². The summed E-state index contributed by atoms with van der Waals surface area (Å²) in [6, 6.07) is 7.57. The lowest BCUT2D eigenvalue weighted by atomic mass is 10.2. The number of hydrogen-bond donors (Lipinski definition) is 0.